The lowest BCUT2D eigenvalue weighted by Gasteiger charge is -2.06. The van der Waals surface area contributed by atoms with Crippen molar-refractivity contribution in [3.8, 4) is 22.5 Å². The molecule has 0 amide bonds. The fourth-order valence-corrected chi connectivity index (χ4v) is 3.66. The standard InChI is InChI=1S/C20H16FN7/c1-27-9-15(13-8-11(21)5-6-16(13)27)18-17(24-20(22)26-25-18)14-10-28(2)19-12(14)4-3-7-23-19/h3-10H,1-2H3,(H2,22,24,26). The van der Waals surface area contributed by atoms with Crippen LogP contribution in [0.1, 0.15) is 0 Å². The van der Waals surface area contributed by atoms with Crippen LogP contribution in [0.25, 0.3) is 44.5 Å². The summed E-state index contributed by atoms with van der Waals surface area (Å²) in [6.45, 7) is 0. The van der Waals surface area contributed by atoms with Crippen molar-refractivity contribution in [1.29, 1.82) is 0 Å². The third-order valence-corrected chi connectivity index (χ3v) is 4.90. The van der Waals surface area contributed by atoms with Crippen molar-refractivity contribution in [2.45, 2.75) is 0 Å². The molecular formula is C20H16FN7. The molecule has 7 nitrogen and oxygen atoms in total. The quantitative estimate of drug-likeness (QED) is 0.513. The van der Waals surface area contributed by atoms with Gasteiger partial charge in [-0.05, 0) is 30.3 Å². The molecule has 0 radical (unpaired) electrons. The van der Waals surface area contributed by atoms with Crippen molar-refractivity contribution in [2.75, 3.05) is 5.73 Å². The van der Waals surface area contributed by atoms with Crippen LogP contribution in [0.15, 0.2) is 48.9 Å². The van der Waals surface area contributed by atoms with E-state index >= 15 is 0 Å². The van der Waals surface area contributed by atoms with Crippen LogP contribution in [0.4, 0.5) is 10.3 Å². The molecule has 0 spiro atoms. The Morgan fingerprint density at radius 1 is 0.929 bits per heavy atom. The van der Waals surface area contributed by atoms with Crippen molar-refractivity contribution in [1.82, 2.24) is 29.3 Å². The van der Waals surface area contributed by atoms with Gasteiger partial charge in [0, 0.05) is 60.1 Å². The van der Waals surface area contributed by atoms with Gasteiger partial charge < -0.3 is 14.9 Å². The first-order valence-corrected chi connectivity index (χ1v) is 8.68. The first-order chi connectivity index (χ1) is 13.5. The Balaban J connectivity index is 1.85. The summed E-state index contributed by atoms with van der Waals surface area (Å²) in [5.74, 6) is -0.238. The Labute approximate surface area is 159 Å². The van der Waals surface area contributed by atoms with Gasteiger partial charge >= 0.3 is 0 Å². The monoisotopic (exact) mass is 373 g/mol. The number of fused-ring (bicyclic) bond motifs is 2. The number of hydrogen-bond donors (Lipinski definition) is 1. The van der Waals surface area contributed by atoms with Gasteiger partial charge in [0.25, 0.3) is 0 Å². The van der Waals surface area contributed by atoms with Gasteiger partial charge in [0.1, 0.15) is 22.9 Å². The Morgan fingerprint density at radius 3 is 2.57 bits per heavy atom. The minimum Gasteiger partial charge on any atom is -0.366 e. The number of nitrogen functional groups attached to an aromatic ring is 1. The molecule has 4 aromatic heterocycles. The second-order valence-electron chi connectivity index (χ2n) is 6.71. The lowest BCUT2D eigenvalue weighted by Crippen LogP contribution is -2.02. The van der Waals surface area contributed by atoms with Crippen LogP contribution in [0.5, 0.6) is 0 Å². The fraction of sp³-hybridized carbons (Fsp3) is 0.100. The number of halogens is 1. The van der Waals surface area contributed by atoms with Crippen LogP contribution in [-0.4, -0.2) is 29.3 Å². The van der Waals surface area contributed by atoms with Gasteiger partial charge in [0.15, 0.2) is 0 Å². The van der Waals surface area contributed by atoms with E-state index in [2.05, 4.69) is 20.2 Å². The molecule has 0 atom stereocenters. The van der Waals surface area contributed by atoms with E-state index in [1.807, 2.05) is 47.8 Å². The minimum atomic E-state index is -0.313. The van der Waals surface area contributed by atoms with Gasteiger partial charge in [0.05, 0.1) is 0 Å². The van der Waals surface area contributed by atoms with E-state index in [1.165, 1.54) is 12.1 Å². The Bertz CT molecular complexity index is 1370. The van der Waals surface area contributed by atoms with E-state index in [0.29, 0.717) is 11.4 Å². The molecule has 28 heavy (non-hydrogen) atoms. The number of nitrogens with two attached hydrogens (primary N) is 1. The van der Waals surface area contributed by atoms with Crippen LogP contribution in [0, 0.1) is 5.82 Å². The van der Waals surface area contributed by atoms with Gasteiger partial charge in [-0.3, -0.25) is 0 Å². The number of nitrogens with zero attached hydrogens (tertiary/aromatic N) is 6. The highest BCUT2D eigenvalue weighted by Crippen LogP contribution is 2.37. The second kappa shape index (κ2) is 5.85. The third-order valence-electron chi connectivity index (χ3n) is 4.90. The second-order valence-corrected chi connectivity index (χ2v) is 6.71. The molecule has 8 heteroatoms. The maximum absolute atomic E-state index is 13.9. The molecule has 0 aliphatic rings. The van der Waals surface area contributed by atoms with Gasteiger partial charge in [-0.1, -0.05) is 0 Å². The van der Waals surface area contributed by atoms with Crippen LogP contribution < -0.4 is 5.73 Å². The molecule has 138 valence electrons. The molecular weight excluding hydrogens is 357 g/mol. The van der Waals surface area contributed by atoms with Crippen molar-refractivity contribution < 1.29 is 4.39 Å². The fourth-order valence-electron chi connectivity index (χ4n) is 3.66. The van der Waals surface area contributed by atoms with Gasteiger partial charge in [-0.25, -0.2) is 14.4 Å². The molecule has 0 saturated carbocycles. The maximum Gasteiger partial charge on any atom is 0.240 e. The first-order valence-electron chi connectivity index (χ1n) is 8.68. The van der Waals surface area contributed by atoms with E-state index in [4.69, 9.17) is 5.73 Å². The molecule has 0 aliphatic heterocycles. The summed E-state index contributed by atoms with van der Waals surface area (Å²) in [7, 11) is 3.83. The van der Waals surface area contributed by atoms with Crippen molar-refractivity contribution in [3.05, 3.63) is 54.7 Å². The summed E-state index contributed by atoms with van der Waals surface area (Å²) in [6.07, 6.45) is 5.59. The summed E-state index contributed by atoms with van der Waals surface area (Å²) in [4.78, 5) is 8.91. The van der Waals surface area contributed by atoms with Crippen molar-refractivity contribution in [3.63, 3.8) is 0 Å². The topological polar surface area (TPSA) is 87.4 Å². The van der Waals surface area contributed by atoms with E-state index in [0.717, 1.165) is 33.1 Å². The van der Waals surface area contributed by atoms with Crippen LogP contribution >= 0.6 is 0 Å². The molecule has 0 bridgehead atoms. The molecule has 5 rings (SSSR count). The van der Waals surface area contributed by atoms with Gasteiger partial charge in [0.2, 0.25) is 5.95 Å². The maximum atomic E-state index is 13.9. The Hall–Kier alpha value is -3.81. The molecule has 0 aliphatic carbocycles. The van der Waals surface area contributed by atoms with Gasteiger partial charge in [-0.2, -0.15) is 0 Å². The zero-order chi connectivity index (χ0) is 19.4. The number of aryl methyl sites for hydroxylation is 2. The lowest BCUT2D eigenvalue weighted by molar-refractivity contribution is 0.629. The predicted octanol–water partition coefficient (Wildman–Crippen LogP) is 3.31. The predicted molar refractivity (Wildman–Crippen MR) is 106 cm³/mol. The number of pyridine rings is 1. The number of benzene rings is 1. The van der Waals surface area contributed by atoms with Crippen molar-refractivity contribution >= 4 is 27.9 Å². The average Bonchev–Trinajstić information content (AvgIpc) is 3.19. The highest BCUT2D eigenvalue weighted by molar-refractivity contribution is 6.02. The summed E-state index contributed by atoms with van der Waals surface area (Å²) < 4.78 is 17.8. The van der Waals surface area contributed by atoms with Crippen LogP contribution in [0.2, 0.25) is 0 Å². The van der Waals surface area contributed by atoms with E-state index in [-0.39, 0.29) is 11.8 Å². The number of aromatic nitrogens is 6. The Kier molecular flexibility index (Phi) is 3.42. The number of anilines is 1. The average molecular weight is 373 g/mol. The molecule has 5 aromatic rings. The van der Waals surface area contributed by atoms with E-state index in [9.17, 15) is 4.39 Å². The zero-order valence-corrected chi connectivity index (χ0v) is 15.3. The minimum absolute atomic E-state index is 0.0751. The summed E-state index contributed by atoms with van der Waals surface area (Å²) in [6, 6.07) is 8.53. The molecule has 1 aromatic carbocycles. The smallest absolute Gasteiger partial charge is 0.240 e. The largest absolute Gasteiger partial charge is 0.366 e. The van der Waals surface area contributed by atoms with Crippen molar-refractivity contribution in [2.24, 2.45) is 14.1 Å². The summed E-state index contributed by atoms with van der Waals surface area (Å²) in [5.41, 5.74) is 10.3. The number of hydrogen-bond acceptors (Lipinski definition) is 5. The SMILES string of the molecule is Cn1cc(-c2nnc(N)nc2-c2cn(C)c3ncccc23)c2cc(F)ccc21. The molecule has 0 unspecified atom stereocenters. The van der Waals surface area contributed by atoms with Gasteiger partial charge in [-0.15, -0.1) is 10.2 Å². The molecule has 4 heterocycles. The normalized spacial score (nSPS) is 11.5. The number of rotatable bonds is 2. The van der Waals surface area contributed by atoms with Crippen LogP contribution in [0.3, 0.4) is 0 Å². The highest BCUT2D eigenvalue weighted by atomic mass is 19.1. The highest BCUT2D eigenvalue weighted by Gasteiger charge is 2.21. The van der Waals surface area contributed by atoms with E-state index in [1.54, 1.807) is 12.3 Å². The Morgan fingerprint density at radius 2 is 1.71 bits per heavy atom. The zero-order valence-electron chi connectivity index (χ0n) is 15.3. The lowest BCUT2D eigenvalue weighted by atomic mass is 10.0. The summed E-state index contributed by atoms with van der Waals surface area (Å²) >= 11 is 0. The van der Waals surface area contributed by atoms with Crippen LogP contribution in [-0.2, 0) is 14.1 Å². The summed E-state index contributed by atoms with van der Waals surface area (Å²) in [5, 5.41) is 9.96. The first kappa shape index (κ1) is 16.4. The molecule has 2 N–H and O–H groups in total. The third kappa shape index (κ3) is 2.34. The molecule has 0 saturated heterocycles. The van der Waals surface area contributed by atoms with E-state index < -0.39 is 0 Å². The molecule has 0 fully saturated rings.